The standard InChI is InChI=1S/C19H23N3O2/c1-14(15-8-5-4-6-9-15)13-20-19(24)21-17-11-7-10-16(12-17)18(23)22(2)3/h4-12,14H,13H2,1-3H3,(H2,20,21,24)/t14-/m1/s1. The quantitative estimate of drug-likeness (QED) is 0.886. The fourth-order valence-electron chi connectivity index (χ4n) is 2.31. The first-order valence-corrected chi connectivity index (χ1v) is 7.89. The average Bonchev–Trinajstić information content (AvgIpc) is 2.60. The molecule has 24 heavy (non-hydrogen) atoms. The van der Waals surface area contributed by atoms with E-state index in [2.05, 4.69) is 17.6 Å². The van der Waals surface area contributed by atoms with E-state index in [1.54, 1.807) is 38.4 Å². The Morgan fingerprint density at radius 2 is 1.75 bits per heavy atom. The van der Waals surface area contributed by atoms with Gasteiger partial charge in [0.25, 0.3) is 5.91 Å². The maximum absolute atomic E-state index is 12.0. The maximum Gasteiger partial charge on any atom is 0.319 e. The Balaban J connectivity index is 1.91. The van der Waals surface area contributed by atoms with E-state index < -0.39 is 0 Å². The Hall–Kier alpha value is -2.82. The van der Waals surface area contributed by atoms with Crippen molar-refractivity contribution in [1.29, 1.82) is 0 Å². The summed E-state index contributed by atoms with van der Waals surface area (Å²) in [4.78, 5) is 25.5. The number of carbonyl (C=O) groups excluding carboxylic acids is 2. The largest absolute Gasteiger partial charge is 0.345 e. The van der Waals surface area contributed by atoms with Crippen molar-refractivity contribution in [2.45, 2.75) is 12.8 Å². The van der Waals surface area contributed by atoms with Crippen LogP contribution in [0.4, 0.5) is 10.5 Å². The summed E-state index contributed by atoms with van der Waals surface area (Å²) < 4.78 is 0. The summed E-state index contributed by atoms with van der Waals surface area (Å²) in [5, 5.41) is 5.62. The van der Waals surface area contributed by atoms with Gasteiger partial charge in [0.05, 0.1) is 0 Å². The number of nitrogens with zero attached hydrogens (tertiary/aromatic N) is 1. The molecular weight excluding hydrogens is 302 g/mol. The zero-order chi connectivity index (χ0) is 17.5. The summed E-state index contributed by atoms with van der Waals surface area (Å²) >= 11 is 0. The molecule has 0 saturated carbocycles. The van der Waals surface area contributed by atoms with Crippen LogP contribution in [0, 0.1) is 0 Å². The number of hydrogen-bond donors (Lipinski definition) is 2. The van der Waals surface area contributed by atoms with Crippen LogP contribution in [-0.4, -0.2) is 37.5 Å². The Morgan fingerprint density at radius 1 is 1.04 bits per heavy atom. The molecule has 5 nitrogen and oxygen atoms in total. The van der Waals surface area contributed by atoms with Gasteiger partial charge in [-0.15, -0.1) is 0 Å². The summed E-state index contributed by atoms with van der Waals surface area (Å²) in [7, 11) is 3.39. The predicted octanol–water partition coefficient (Wildman–Crippen LogP) is 3.31. The number of benzene rings is 2. The summed E-state index contributed by atoms with van der Waals surface area (Å²) in [5.41, 5.74) is 2.30. The fourth-order valence-corrected chi connectivity index (χ4v) is 2.31. The van der Waals surface area contributed by atoms with Crippen LogP contribution in [-0.2, 0) is 0 Å². The molecule has 0 spiro atoms. The van der Waals surface area contributed by atoms with Gasteiger partial charge in [-0.25, -0.2) is 4.79 Å². The molecule has 0 saturated heterocycles. The van der Waals surface area contributed by atoms with Crippen LogP contribution in [0.3, 0.4) is 0 Å². The van der Waals surface area contributed by atoms with Gasteiger partial charge >= 0.3 is 6.03 Å². The number of hydrogen-bond acceptors (Lipinski definition) is 2. The molecule has 0 fully saturated rings. The lowest BCUT2D eigenvalue weighted by molar-refractivity contribution is 0.0827. The van der Waals surface area contributed by atoms with Gasteiger partial charge in [0.1, 0.15) is 0 Å². The van der Waals surface area contributed by atoms with E-state index >= 15 is 0 Å². The van der Waals surface area contributed by atoms with Gasteiger partial charge in [-0.05, 0) is 29.7 Å². The van der Waals surface area contributed by atoms with Gasteiger partial charge in [0.2, 0.25) is 0 Å². The van der Waals surface area contributed by atoms with E-state index in [4.69, 9.17) is 0 Å². The van der Waals surface area contributed by atoms with Gasteiger partial charge in [-0.2, -0.15) is 0 Å². The molecule has 0 aliphatic carbocycles. The van der Waals surface area contributed by atoms with Crippen molar-refractivity contribution in [3.05, 3.63) is 65.7 Å². The molecule has 0 aromatic heterocycles. The Bertz CT molecular complexity index is 699. The highest BCUT2D eigenvalue weighted by atomic mass is 16.2. The number of anilines is 1. The maximum atomic E-state index is 12.0. The van der Waals surface area contributed by atoms with Crippen LogP contribution in [0.25, 0.3) is 0 Å². The van der Waals surface area contributed by atoms with Crippen molar-refractivity contribution in [2.24, 2.45) is 0 Å². The highest BCUT2D eigenvalue weighted by Gasteiger charge is 2.10. The van der Waals surface area contributed by atoms with Crippen molar-refractivity contribution >= 4 is 17.6 Å². The number of rotatable bonds is 5. The van der Waals surface area contributed by atoms with E-state index in [1.807, 2.05) is 30.3 Å². The molecule has 0 unspecified atom stereocenters. The van der Waals surface area contributed by atoms with Crippen LogP contribution < -0.4 is 10.6 Å². The third-order valence-electron chi connectivity index (χ3n) is 3.71. The molecule has 0 bridgehead atoms. The molecule has 5 heteroatoms. The predicted molar refractivity (Wildman–Crippen MR) is 96.3 cm³/mol. The van der Waals surface area contributed by atoms with Crippen LogP contribution in [0.1, 0.15) is 28.8 Å². The van der Waals surface area contributed by atoms with Gasteiger partial charge < -0.3 is 15.5 Å². The first kappa shape index (κ1) is 17.5. The lowest BCUT2D eigenvalue weighted by Crippen LogP contribution is -2.31. The molecule has 0 radical (unpaired) electrons. The number of nitrogens with one attached hydrogen (secondary N) is 2. The van der Waals surface area contributed by atoms with Gasteiger partial charge in [0, 0.05) is 31.9 Å². The van der Waals surface area contributed by atoms with Crippen LogP contribution >= 0.6 is 0 Å². The second kappa shape index (κ2) is 8.15. The highest BCUT2D eigenvalue weighted by molar-refractivity contribution is 5.96. The van der Waals surface area contributed by atoms with Gasteiger partial charge in [0.15, 0.2) is 0 Å². The molecule has 0 aliphatic heterocycles. The van der Waals surface area contributed by atoms with Crippen molar-refractivity contribution in [2.75, 3.05) is 26.0 Å². The highest BCUT2D eigenvalue weighted by Crippen LogP contribution is 2.14. The molecule has 2 aromatic rings. The second-order valence-corrected chi connectivity index (χ2v) is 5.93. The Labute approximate surface area is 142 Å². The lowest BCUT2D eigenvalue weighted by Gasteiger charge is -2.14. The Kier molecular flexibility index (Phi) is 5.95. The van der Waals surface area contributed by atoms with E-state index in [0.29, 0.717) is 17.8 Å². The zero-order valence-corrected chi connectivity index (χ0v) is 14.2. The topological polar surface area (TPSA) is 61.4 Å². The molecule has 3 amide bonds. The molecule has 2 rings (SSSR count). The third kappa shape index (κ3) is 4.84. The van der Waals surface area contributed by atoms with E-state index in [9.17, 15) is 9.59 Å². The first-order chi connectivity index (χ1) is 11.5. The fraction of sp³-hybridized carbons (Fsp3) is 0.263. The molecule has 0 heterocycles. The van der Waals surface area contributed by atoms with Gasteiger partial charge in [-0.1, -0.05) is 43.3 Å². The normalized spacial score (nSPS) is 11.5. The summed E-state index contributed by atoms with van der Waals surface area (Å²) in [6.45, 7) is 2.60. The zero-order valence-electron chi connectivity index (χ0n) is 14.2. The van der Waals surface area contributed by atoms with E-state index in [0.717, 1.165) is 0 Å². The number of amides is 3. The van der Waals surface area contributed by atoms with Gasteiger partial charge in [-0.3, -0.25) is 4.79 Å². The summed E-state index contributed by atoms with van der Waals surface area (Å²) in [5.74, 6) is 0.121. The smallest absolute Gasteiger partial charge is 0.319 e. The Morgan fingerprint density at radius 3 is 2.42 bits per heavy atom. The first-order valence-electron chi connectivity index (χ1n) is 7.89. The van der Waals surface area contributed by atoms with E-state index in [-0.39, 0.29) is 17.9 Å². The minimum atomic E-state index is -0.285. The van der Waals surface area contributed by atoms with Crippen LogP contribution in [0.5, 0.6) is 0 Å². The van der Waals surface area contributed by atoms with Crippen molar-refractivity contribution < 1.29 is 9.59 Å². The summed E-state index contributed by atoms with van der Waals surface area (Å²) in [6.07, 6.45) is 0. The molecule has 0 aliphatic rings. The number of urea groups is 1. The third-order valence-corrected chi connectivity index (χ3v) is 3.71. The SMILES string of the molecule is C[C@H](CNC(=O)Nc1cccc(C(=O)N(C)C)c1)c1ccccc1. The monoisotopic (exact) mass is 325 g/mol. The summed E-state index contributed by atoms with van der Waals surface area (Å²) in [6, 6.07) is 16.6. The lowest BCUT2D eigenvalue weighted by atomic mass is 10.0. The molecular formula is C19H23N3O2. The van der Waals surface area contributed by atoms with E-state index in [1.165, 1.54) is 10.5 Å². The van der Waals surface area contributed by atoms with Crippen LogP contribution in [0.2, 0.25) is 0 Å². The minimum Gasteiger partial charge on any atom is -0.345 e. The minimum absolute atomic E-state index is 0.100. The molecule has 1 atom stereocenters. The van der Waals surface area contributed by atoms with Crippen molar-refractivity contribution in [1.82, 2.24) is 10.2 Å². The van der Waals surface area contributed by atoms with Crippen molar-refractivity contribution in [3.8, 4) is 0 Å². The molecule has 2 N–H and O–H groups in total. The molecule has 2 aromatic carbocycles. The van der Waals surface area contributed by atoms with Crippen LogP contribution in [0.15, 0.2) is 54.6 Å². The van der Waals surface area contributed by atoms with Crippen molar-refractivity contribution in [3.63, 3.8) is 0 Å². The number of carbonyl (C=O) groups is 2. The average molecular weight is 325 g/mol. The molecule has 126 valence electrons. The second-order valence-electron chi connectivity index (χ2n) is 5.93.